The second-order valence-corrected chi connectivity index (χ2v) is 10.1. The lowest BCUT2D eigenvalue weighted by Crippen LogP contribution is -2.14. The largest absolute Gasteiger partial charge is 0.431 e. The number of rotatable bonds is 3. The number of alkyl halides is 3. The molecule has 12 heteroatoms. The Morgan fingerprint density at radius 1 is 1.24 bits per heavy atom. The van der Waals surface area contributed by atoms with Crippen LogP contribution in [0.5, 0.6) is 0 Å². The zero-order chi connectivity index (χ0) is 24.0. The number of hydrogen-bond acceptors (Lipinski definition) is 6. The van der Waals surface area contributed by atoms with Crippen molar-refractivity contribution in [3.8, 4) is 16.6 Å². The van der Waals surface area contributed by atoms with Gasteiger partial charge in [0.05, 0.1) is 16.1 Å². The van der Waals surface area contributed by atoms with Crippen molar-refractivity contribution in [3.05, 3.63) is 56.1 Å². The molecule has 4 aromatic rings. The highest BCUT2D eigenvalue weighted by atomic mass is 35.5. The standard InChI is InChI=1S/C22H15ClF3N5OS2/c23-18-17(19(32)30-20-12(10-27)11-5-2-1-3-6-14(11)34-20)29-21-28-13(15-7-4-8-33-15)9-16(31(18)21)22(24,25)26/h4,7-9H,1-3,5-6H2,(H,30,32). The lowest BCUT2D eigenvalue weighted by Gasteiger charge is -2.11. The first-order chi connectivity index (χ1) is 16.3. The van der Waals surface area contributed by atoms with Crippen molar-refractivity contribution < 1.29 is 18.0 Å². The molecular formula is C22H15ClF3N5OS2. The lowest BCUT2D eigenvalue weighted by atomic mass is 10.1. The molecule has 0 atom stereocenters. The van der Waals surface area contributed by atoms with Gasteiger partial charge in [-0.2, -0.15) is 18.4 Å². The molecule has 34 heavy (non-hydrogen) atoms. The first-order valence-corrected chi connectivity index (χ1v) is 12.4. The third-order valence-corrected chi connectivity index (χ3v) is 8.03. The first-order valence-electron chi connectivity index (χ1n) is 10.3. The van der Waals surface area contributed by atoms with Crippen LogP contribution in [0.25, 0.3) is 16.3 Å². The van der Waals surface area contributed by atoms with E-state index in [-0.39, 0.29) is 11.5 Å². The third kappa shape index (κ3) is 3.96. The molecule has 1 N–H and O–H groups in total. The summed E-state index contributed by atoms with van der Waals surface area (Å²) in [6.07, 6.45) is -0.142. The van der Waals surface area contributed by atoms with Gasteiger partial charge < -0.3 is 5.32 Å². The number of amides is 1. The Kier molecular flexibility index (Phi) is 5.83. The maximum atomic E-state index is 13.9. The summed E-state index contributed by atoms with van der Waals surface area (Å²) < 4.78 is 42.2. The van der Waals surface area contributed by atoms with Gasteiger partial charge in [0.1, 0.15) is 21.9 Å². The van der Waals surface area contributed by atoms with E-state index in [0.29, 0.717) is 19.8 Å². The van der Waals surface area contributed by atoms with E-state index < -0.39 is 28.6 Å². The van der Waals surface area contributed by atoms with E-state index in [1.54, 1.807) is 17.5 Å². The minimum Gasteiger partial charge on any atom is -0.311 e. The summed E-state index contributed by atoms with van der Waals surface area (Å²) in [6, 6.07) is 6.39. The Bertz CT molecular complexity index is 1450. The summed E-state index contributed by atoms with van der Waals surface area (Å²) in [5.74, 6) is -1.13. The average Bonchev–Trinajstić information content (AvgIpc) is 3.47. The molecular weight excluding hydrogens is 507 g/mol. The Labute approximate surface area is 204 Å². The maximum Gasteiger partial charge on any atom is 0.431 e. The number of imidazole rings is 1. The fraction of sp³-hybridized carbons (Fsp3) is 0.273. The Morgan fingerprint density at radius 3 is 2.74 bits per heavy atom. The SMILES string of the molecule is N#Cc1c(NC(=O)c2nc3nc(-c4cccs4)cc(C(F)(F)F)n3c2Cl)sc2c1CCCCC2. The summed E-state index contributed by atoms with van der Waals surface area (Å²) in [7, 11) is 0. The molecule has 0 fully saturated rings. The fourth-order valence-corrected chi connectivity index (χ4v) is 6.24. The maximum absolute atomic E-state index is 13.9. The molecule has 1 amide bonds. The number of carbonyl (C=O) groups excluding carboxylic acids is 1. The van der Waals surface area contributed by atoms with Crippen molar-refractivity contribution in [3.63, 3.8) is 0 Å². The highest BCUT2D eigenvalue weighted by molar-refractivity contribution is 7.16. The molecule has 0 saturated heterocycles. The van der Waals surface area contributed by atoms with Crippen molar-refractivity contribution in [1.82, 2.24) is 14.4 Å². The number of aryl methyl sites for hydroxylation is 1. The molecule has 1 aliphatic carbocycles. The molecule has 0 aromatic carbocycles. The Hall–Kier alpha value is -2.94. The van der Waals surface area contributed by atoms with Gasteiger partial charge in [0.2, 0.25) is 5.78 Å². The predicted molar refractivity (Wildman–Crippen MR) is 125 cm³/mol. The van der Waals surface area contributed by atoms with Crippen LogP contribution in [0, 0.1) is 11.3 Å². The zero-order valence-electron chi connectivity index (χ0n) is 17.4. The number of halogens is 4. The fourth-order valence-electron chi connectivity index (χ4n) is 4.03. The average molecular weight is 522 g/mol. The topological polar surface area (TPSA) is 83.1 Å². The van der Waals surface area contributed by atoms with Crippen molar-refractivity contribution in [2.24, 2.45) is 0 Å². The van der Waals surface area contributed by atoms with Gasteiger partial charge >= 0.3 is 6.18 Å². The van der Waals surface area contributed by atoms with Gasteiger partial charge in [-0.25, -0.2) is 9.97 Å². The number of nitrogens with zero attached hydrogens (tertiary/aromatic N) is 4. The summed E-state index contributed by atoms with van der Waals surface area (Å²) in [5, 5.41) is 13.9. The van der Waals surface area contributed by atoms with Crippen molar-refractivity contribution >= 4 is 51.0 Å². The molecule has 0 radical (unpaired) electrons. The summed E-state index contributed by atoms with van der Waals surface area (Å²) in [5.41, 5.74) is -0.0714. The second-order valence-electron chi connectivity index (χ2n) is 7.72. The molecule has 0 spiro atoms. The van der Waals surface area contributed by atoms with Gasteiger partial charge in [0.25, 0.3) is 5.91 Å². The second kappa shape index (κ2) is 8.69. The van der Waals surface area contributed by atoms with Crippen molar-refractivity contribution in [2.45, 2.75) is 38.3 Å². The first kappa shape index (κ1) is 22.8. The van der Waals surface area contributed by atoms with E-state index in [1.165, 1.54) is 22.7 Å². The van der Waals surface area contributed by atoms with Crippen LogP contribution >= 0.6 is 34.3 Å². The van der Waals surface area contributed by atoms with E-state index in [1.807, 2.05) is 0 Å². The zero-order valence-corrected chi connectivity index (χ0v) is 19.8. The molecule has 0 bridgehead atoms. The molecule has 174 valence electrons. The molecule has 6 nitrogen and oxygen atoms in total. The number of nitriles is 1. The van der Waals surface area contributed by atoms with Crippen LogP contribution < -0.4 is 5.32 Å². The monoisotopic (exact) mass is 521 g/mol. The van der Waals surface area contributed by atoms with E-state index in [0.717, 1.165) is 48.6 Å². The summed E-state index contributed by atoms with van der Waals surface area (Å²) in [6.45, 7) is 0. The highest BCUT2D eigenvalue weighted by Gasteiger charge is 2.37. The van der Waals surface area contributed by atoms with Crippen LogP contribution in [-0.4, -0.2) is 20.3 Å². The van der Waals surface area contributed by atoms with Crippen LogP contribution in [0.1, 0.15) is 51.4 Å². The van der Waals surface area contributed by atoms with Gasteiger partial charge in [0, 0.05) is 4.88 Å². The molecule has 4 heterocycles. The smallest absolute Gasteiger partial charge is 0.311 e. The van der Waals surface area contributed by atoms with Gasteiger partial charge in [-0.3, -0.25) is 9.20 Å². The van der Waals surface area contributed by atoms with Gasteiger partial charge in [0.15, 0.2) is 5.69 Å². The van der Waals surface area contributed by atoms with Crippen LogP contribution in [0.15, 0.2) is 23.6 Å². The number of aromatic nitrogens is 3. The number of carbonyl (C=O) groups is 1. The van der Waals surface area contributed by atoms with Crippen molar-refractivity contribution in [2.75, 3.05) is 5.32 Å². The number of thiophene rings is 2. The Morgan fingerprint density at radius 2 is 2.03 bits per heavy atom. The number of hydrogen-bond donors (Lipinski definition) is 1. The predicted octanol–water partition coefficient (Wildman–Crippen LogP) is 6.58. The van der Waals surface area contributed by atoms with Crippen LogP contribution in [0.4, 0.5) is 18.2 Å². The molecule has 0 aliphatic heterocycles. The summed E-state index contributed by atoms with van der Waals surface area (Å²) in [4.78, 5) is 22.9. The number of nitrogens with one attached hydrogen (secondary N) is 1. The minimum atomic E-state index is -4.76. The van der Waals surface area contributed by atoms with E-state index in [4.69, 9.17) is 11.6 Å². The van der Waals surface area contributed by atoms with Crippen molar-refractivity contribution in [1.29, 1.82) is 5.26 Å². The molecule has 0 unspecified atom stereocenters. The quantitative estimate of drug-likeness (QED) is 0.308. The normalized spacial score (nSPS) is 14.0. The third-order valence-electron chi connectivity index (χ3n) is 5.58. The molecule has 0 saturated carbocycles. The number of fused-ring (bicyclic) bond motifs is 2. The van der Waals surface area contributed by atoms with Gasteiger partial charge in [-0.15, -0.1) is 22.7 Å². The molecule has 5 rings (SSSR count). The van der Waals surface area contributed by atoms with E-state index in [2.05, 4.69) is 21.4 Å². The van der Waals surface area contributed by atoms with Crippen LogP contribution in [0.3, 0.4) is 0 Å². The van der Waals surface area contributed by atoms with Crippen LogP contribution in [0.2, 0.25) is 5.15 Å². The molecule has 4 aromatic heterocycles. The Balaban J connectivity index is 1.58. The lowest BCUT2D eigenvalue weighted by molar-refractivity contribution is -0.142. The number of anilines is 1. The molecule has 1 aliphatic rings. The van der Waals surface area contributed by atoms with E-state index in [9.17, 15) is 23.2 Å². The van der Waals surface area contributed by atoms with Gasteiger partial charge in [-0.1, -0.05) is 24.1 Å². The minimum absolute atomic E-state index is 0.0808. The highest BCUT2D eigenvalue weighted by Crippen LogP contribution is 2.38. The van der Waals surface area contributed by atoms with E-state index >= 15 is 0 Å². The van der Waals surface area contributed by atoms with Gasteiger partial charge in [-0.05, 0) is 48.8 Å². The summed E-state index contributed by atoms with van der Waals surface area (Å²) >= 11 is 8.79. The van der Waals surface area contributed by atoms with Crippen LogP contribution in [-0.2, 0) is 19.0 Å².